The number of benzene rings is 3. The minimum absolute atomic E-state index is 0.161. The molecule has 212 valence electrons. The molecule has 0 saturated heterocycles. The van der Waals surface area contributed by atoms with Gasteiger partial charge in [0.1, 0.15) is 5.75 Å². The first kappa shape index (κ1) is 30.8. The molecule has 0 bridgehead atoms. The summed E-state index contributed by atoms with van der Waals surface area (Å²) < 4.78 is 0. The van der Waals surface area contributed by atoms with Gasteiger partial charge in [-0.2, -0.15) is 0 Å². The molecule has 7 N–H and O–H groups in total. The molecule has 3 aromatic carbocycles. The first-order chi connectivity index (χ1) is 19.3. The number of nitrogens with two attached hydrogens (primary N) is 1. The monoisotopic (exact) mass is 544 g/mol. The van der Waals surface area contributed by atoms with Crippen LogP contribution in [0.5, 0.6) is 5.75 Å². The minimum Gasteiger partial charge on any atom is -0.508 e. The quantitative estimate of drug-likeness (QED) is 0.163. The summed E-state index contributed by atoms with van der Waals surface area (Å²) in [6, 6.07) is 24.4. The van der Waals surface area contributed by atoms with E-state index in [1.54, 1.807) is 30.3 Å². The van der Waals surface area contributed by atoms with Crippen molar-refractivity contribution >= 4 is 5.91 Å². The van der Waals surface area contributed by atoms with Crippen LogP contribution in [0.25, 0.3) is 0 Å². The highest BCUT2D eigenvalue weighted by Gasteiger charge is 2.29. The van der Waals surface area contributed by atoms with Crippen LogP contribution in [-0.4, -0.2) is 56.7 Å². The van der Waals surface area contributed by atoms with Gasteiger partial charge in [-0.3, -0.25) is 4.79 Å². The van der Waals surface area contributed by atoms with Crippen molar-refractivity contribution in [2.75, 3.05) is 0 Å². The Morgan fingerprint density at radius 3 is 1.93 bits per heavy atom. The average Bonchev–Trinajstić information content (AvgIpc) is 2.97. The third-order valence-electron chi connectivity index (χ3n) is 6.94. The van der Waals surface area contributed by atoms with Crippen molar-refractivity contribution in [1.82, 2.24) is 5.32 Å². The second-order valence-electron chi connectivity index (χ2n) is 10.1. The second kappa shape index (κ2) is 15.7. The largest absolute Gasteiger partial charge is 0.508 e. The fourth-order valence-corrected chi connectivity index (χ4v) is 4.52. The van der Waals surface area contributed by atoms with E-state index in [4.69, 9.17) is 5.73 Å². The number of carbonyl (C=O) groups is 1. The highest BCUT2D eigenvalue weighted by Crippen LogP contribution is 2.18. The molecule has 0 heterocycles. The smallest absolute Gasteiger partial charge is 0.226 e. The zero-order valence-electron chi connectivity index (χ0n) is 22.6. The van der Waals surface area contributed by atoms with Crippen molar-refractivity contribution < 1.29 is 25.2 Å². The summed E-state index contributed by atoms with van der Waals surface area (Å²) >= 11 is 0. The Kier molecular flexibility index (Phi) is 12.1. The molecule has 0 aromatic heterocycles. The topological polar surface area (TPSA) is 136 Å². The first-order valence-electron chi connectivity index (χ1n) is 13.5. The Balaban J connectivity index is 1.68. The van der Waals surface area contributed by atoms with Crippen molar-refractivity contribution in [1.29, 1.82) is 0 Å². The van der Waals surface area contributed by atoms with Gasteiger partial charge in [0.25, 0.3) is 0 Å². The standard InChI is InChI=1S/C33H40N2O5/c1-2-30(37)29(22-24-12-7-4-8-13-24)35-33(40)27(20-23-10-5-3-6-11-23)31(38)14-9-15-32(39)28(34)21-25-16-18-26(36)19-17-25/h2-14,16-19,27-32,36-39H,1,15,20-22,34H2,(H,35,40)/b14-9+/t27-,28+,29+,30-,31-,32-/m1/s1. The minimum atomic E-state index is -1.14. The molecule has 3 rings (SSSR count). The molecule has 0 spiro atoms. The van der Waals surface area contributed by atoms with E-state index in [-0.39, 0.29) is 18.6 Å². The van der Waals surface area contributed by atoms with Gasteiger partial charge in [0.05, 0.1) is 30.3 Å². The third kappa shape index (κ3) is 9.77. The van der Waals surface area contributed by atoms with Gasteiger partial charge in [-0.1, -0.05) is 91.0 Å². The molecule has 40 heavy (non-hydrogen) atoms. The molecule has 6 atom stereocenters. The second-order valence-corrected chi connectivity index (χ2v) is 10.1. The summed E-state index contributed by atoms with van der Waals surface area (Å²) in [5, 5.41) is 44.6. The summed E-state index contributed by atoms with van der Waals surface area (Å²) in [5.74, 6) is -1.07. The average molecular weight is 545 g/mol. The highest BCUT2D eigenvalue weighted by molar-refractivity contribution is 5.80. The van der Waals surface area contributed by atoms with Gasteiger partial charge in [-0.05, 0) is 54.5 Å². The number of phenols is 1. The van der Waals surface area contributed by atoms with Gasteiger partial charge in [0.2, 0.25) is 5.91 Å². The lowest BCUT2D eigenvalue weighted by Gasteiger charge is -2.27. The lowest BCUT2D eigenvalue weighted by atomic mass is 9.91. The molecule has 0 fully saturated rings. The number of phenolic OH excluding ortho intramolecular Hbond substituents is 1. The van der Waals surface area contributed by atoms with Crippen molar-refractivity contribution in [3.8, 4) is 5.75 Å². The predicted molar refractivity (Wildman–Crippen MR) is 157 cm³/mol. The lowest BCUT2D eigenvalue weighted by Crippen LogP contribution is -2.48. The van der Waals surface area contributed by atoms with E-state index in [1.165, 1.54) is 12.2 Å². The van der Waals surface area contributed by atoms with Crippen LogP contribution in [0.1, 0.15) is 23.1 Å². The van der Waals surface area contributed by atoms with E-state index in [0.29, 0.717) is 12.8 Å². The first-order valence-corrected chi connectivity index (χ1v) is 13.5. The van der Waals surface area contributed by atoms with Crippen LogP contribution in [0, 0.1) is 5.92 Å². The number of aromatic hydroxyl groups is 1. The van der Waals surface area contributed by atoms with Crippen LogP contribution in [0.3, 0.4) is 0 Å². The molecule has 0 radical (unpaired) electrons. The summed E-state index contributed by atoms with van der Waals surface area (Å²) in [4.78, 5) is 13.5. The van der Waals surface area contributed by atoms with Gasteiger partial charge in [-0.25, -0.2) is 0 Å². The van der Waals surface area contributed by atoms with E-state index in [9.17, 15) is 25.2 Å². The highest BCUT2D eigenvalue weighted by atomic mass is 16.3. The number of nitrogens with one attached hydrogen (secondary N) is 1. The van der Waals surface area contributed by atoms with Crippen molar-refractivity contribution in [2.24, 2.45) is 11.7 Å². The zero-order valence-corrected chi connectivity index (χ0v) is 22.6. The molecule has 1 amide bonds. The number of aliphatic hydroxyl groups excluding tert-OH is 3. The number of hydrogen-bond donors (Lipinski definition) is 6. The molecular formula is C33H40N2O5. The number of hydrogen-bond acceptors (Lipinski definition) is 6. The number of aliphatic hydroxyl groups is 3. The molecule has 3 aromatic rings. The summed E-state index contributed by atoms with van der Waals surface area (Å²) in [6.45, 7) is 3.67. The van der Waals surface area contributed by atoms with Crippen LogP contribution >= 0.6 is 0 Å². The molecule has 0 aliphatic rings. The Morgan fingerprint density at radius 2 is 1.35 bits per heavy atom. The fourth-order valence-electron chi connectivity index (χ4n) is 4.52. The molecular weight excluding hydrogens is 504 g/mol. The normalized spacial score (nSPS) is 16.0. The van der Waals surface area contributed by atoms with Gasteiger partial charge in [-0.15, -0.1) is 6.58 Å². The maximum Gasteiger partial charge on any atom is 0.226 e. The molecule has 7 heteroatoms. The van der Waals surface area contributed by atoms with Gasteiger partial charge >= 0.3 is 0 Å². The van der Waals surface area contributed by atoms with Gasteiger partial charge < -0.3 is 31.5 Å². The van der Waals surface area contributed by atoms with E-state index in [1.807, 2.05) is 60.7 Å². The predicted octanol–water partition coefficient (Wildman–Crippen LogP) is 3.06. The molecule has 0 saturated carbocycles. The number of rotatable bonds is 15. The maximum absolute atomic E-state index is 13.5. The Hall–Kier alpha value is -3.75. The van der Waals surface area contributed by atoms with E-state index >= 15 is 0 Å². The Morgan fingerprint density at radius 1 is 0.800 bits per heavy atom. The van der Waals surface area contributed by atoms with Crippen molar-refractivity contribution in [3.05, 3.63) is 126 Å². The Bertz CT molecular complexity index is 1200. The van der Waals surface area contributed by atoms with Crippen molar-refractivity contribution in [3.63, 3.8) is 0 Å². The molecule has 0 aliphatic heterocycles. The van der Waals surface area contributed by atoms with E-state index < -0.39 is 42.2 Å². The third-order valence-corrected chi connectivity index (χ3v) is 6.94. The SMILES string of the molecule is C=C[C@@H](O)[C@H](Cc1ccccc1)NC(=O)[C@H](Cc1ccccc1)[C@H](O)/C=C/C[C@@H](O)[C@@H](N)Cc1ccc(O)cc1. The van der Waals surface area contributed by atoms with Gasteiger partial charge in [0, 0.05) is 6.04 Å². The number of carbonyl (C=O) groups excluding carboxylic acids is 1. The molecule has 0 unspecified atom stereocenters. The van der Waals surface area contributed by atoms with Crippen molar-refractivity contribution in [2.45, 2.75) is 56.1 Å². The molecule has 0 aliphatic carbocycles. The summed E-state index contributed by atoms with van der Waals surface area (Å²) in [7, 11) is 0. The summed E-state index contributed by atoms with van der Waals surface area (Å²) in [5.41, 5.74) is 8.89. The van der Waals surface area contributed by atoms with Crippen LogP contribution in [0.4, 0.5) is 0 Å². The number of amides is 1. The van der Waals surface area contributed by atoms with Crippen LogP contribution < -0.4 is 11.1 Å². The molecule has 7 nitrogen and oxygen atoms in total. The van der Waals surface area contributed by atoms with Gasteiger partial charge in [0.15, 0.2) is 0 Å². The zero-order chi connectivity index (χ0) is 28.9. The van der Waals surface area contributed by atoms with Crippen LogP contribution in [-0.2, 0) is 24.1 Å². The summed E-state index contributed by atoms with van der Waals surface area (Å²) in [6.07, 6.45) is 2.86. The van der Waals surface area contributed by atoms with E-state index in [2.05, 4.69) is 11.9 Å². The fraction of sp³-hybridized carbons (Fsp3) is 0.303. The Labute approximate surface area is 236 Å². The van der Waals surface area contributed by atoms with Crippen LogP contribution in [0.15, 0.2) is 110 Å². The van der Waals surface area contributed by atoms with E-state index in [0.717, 1.165) is 16.7 Å². The maximum atomic E-state index is 13.5. The lowest BCUT2D eigenvalue weighted by molar-refractivity contribution is -0.128. The van der Waals surface area contributed by atoms with Crippen LogP contribution in [0.2, 0.25) is 0 Å².